The van der Waals surface area contributed by atoms with Gasteiger partial charge >= 0.3 is 12.2 Å². The summed E-state index contributed by atoms with van der Waals surface area (Å²) in [6.45, 7) is 13.4. The predicted octanol–water partition coefficient (Wildman–Crippen LogP) is 13.8. The Morgan fingerprint density at radius 1 is 0.528 bits per heavy atom. The van der Waals surface area contributed by atoms with Crippen LogP contribution in [0.5, 0.6) is 23.0 Å². The number of rotatable bonds is 18. The summed E-state index contributed by atoms with van der Waals surface area (Å²) in [6.07, 6.45) is -7.36. The second-order valence-corrected chi connectivity index (χ2v) is 20.4. The average molecular weight is 1040 g/mol. The van der Waals surface area contributed by atoms with Crippen LogP contribution in [0.25, 0.3) is 0 Å². The lowest BCUT2D eigenvalue weighted by atomic mass is 9.78. The lowest BCUT2D eigenvalue weighted by Gasteiger charge is -2.38. The van der Waals surface area contributed by atoms with Gasteiger partial charge in [-0.05, 0) is 143 Å². The van der Waals surface area contributed by atoms with Gasteiger partial charge in [0, 0.05) is 26.0 Å². The van der Waals surface area contributed by atoms with E-state index in [0.29, 0.717) is 25.0 Å². The molecule has 3 N–H and O–H groups in total. The van der Waals surface area contributed by atoms with E-state index in [0.717, 1.165) is 35.4 Å². The fraction of sp³-hybridized carbons (Fsp3) is 0.333. The van der Waals surface area contributed by atoms with Crippen LogP contribution in [0.15, 0.2) is 133 Å². The SMILES string of the molecule is CC(C)Oc1ccc([C@@](Cc2ccccc2)(N[S@](=O)C(C)(C)C)c2cc(F)cc(OC(C)(F)F)c2)cc1F.CC(C)Oc1ccc([C@](N)(Cc2ccccc2)c2cc(F)cc(OC(C)(F)F)c2)cc1F.F.F. The number of hydrogen-bond acceptors (Lipinski definition) is 6. The maximum absolute atomic E-state index is 15.3. The zero-order valence-corrected chi connectivity index (χ0v) is 42.0. The van der Waals surface area contributed by atoms with E-state index >= 15 is 4.39 Å². The van der Waals surface area contributed by atoms with Gasteiger partial charge in [0.05, 0.1) is 39.0 Å². The molecular weight excluding hydrogens is 979 g/mol. The van der Waals surface area contributed by atoms with Gasteiger partial charge in [-0.15, -0.1) is 0 Å². The first-order valence-electron chi connectivity index (χ1n) is 22.3. The standard InChI is InChI=1S/C29H33F4NO3S.C25H25F4NO2.2FH/c1-19(2)36-26-13-12-21(16-25(26)31)29(34-38(35)27(3,4)5,18-20-10-8-7-9-11-20)22-14-23(30)17-24(15-22)37-28(6,32)33;1-16(2)31-23-10-9-18(13-22(23)27)25(30,15-17-7-5-4-6-8-17)19-11-20(26)14-21(12-19)32-24(3,28)29;;/h7-17,19,34H,18H2,1-6H3;4-14,16H,15,30H2,1-3H3;2*1H/t29-,38-;25-;;/m11../s1. The summed E-state index contributed by atoms with van der Waals surface area (Å²) in [7, 11) is -1.75. The predicted molar refractivity (Wildman–Crippen MR) is 262 cm³/mol. The van der Waals surface area contributed by atoms with E-state index in [1.165, 1.54) is 36.4 Å². The minimum Gasteiger partial charge on any atom is -0.488 e. The van der Waals surface area contributed by atoms with Crippen molar-refractivity contribution in [3.63, 3.8) is 0 Å². The summed E-state index contributed by atoms with van der Waals surface area (Å²) in [5.41, 5.74) is 6.29. The molecule has 6 rings (SSSR count). The number of alkyl halides is 4. The third-order valence-corrected chi connectivity index (χ3v) is 12.0. The summed E-state index contributed by atoms with van der Waals surface area (Å²) in [6, 6.07) is 33.2. The van der Waals surface area contributed by atoms with Crippen molar-refractivity contribution in [3.05, 3.63) is 190 Å². The Labute approximate surface area is 416 Å². The first-order chi connectivity index (χ1) is 32.5. The molecule has 0 unspecified atom stereocenters. The van der Waals surface area contributed by atoms with Crippen LogP contribution in [0.3, 0.4) is 0 Å². The fourth-order valence-electron chi connectivity index (χ4n) is 7.43. The van der Waals surface area contributed by atoms with Crippen LogP contribution in [0.1, 0.15) is 95.7 Å². The normalized spacial score (nSPS) is 13.8. The van der Waals surface area contributed by atoms with Gasteiger partial charge in [0.2, 0.25) is 0 Å². The van der Waals surface area contributed by atoms with E-state index in [1.54, 1.807) is 72.7 Å². The highest BCUT2D eigenvalue weighted by Gasteiger charge is 2.41. The van der Waals surface area contributed by atoms with Crippen molar-refractivity contribution in [3.8, 4) is 23.0 Å². The number of halogens is 10. The van der Waals surface area contributed by atoms with Crippen molar-refractivity contribution >= 4 is 11.0 Å². The molecule has 18 heteroatoms. The summed E-state index contributed by atoms with van der Waals surface area (Å²) in [4.78, 5) is 0. The Kier molecular flexibility index (Phi) is 20.5. The molecule has 3 atom stereocenters. The van der Waals surface area contributed by atoms with Crippen LogP contribution in [0, 0.1) is 23.3 Å². The molecule has 7 nitrogen and oxygen atoms in total. The first kappa shape index (κ1) is 60.2. The van der Waals surface area contributed by atoms with Gasteiger partial charge in [-0.25, -0.2) is 26.5 Å². The van der Waals surface area contributed by atoms with Gasteiger partial charge in [0.25, 0.3) is 0 Å². The second-order valence-electron chi connectivity index (χ2n) is 18.5. The molecule has 0 heterocycles. The molecule has 0 aliphatic rings. The van der Waals surface area contributed by atoms with E-state index in [2.05, 4.69) is 9.46 Å². The molecule has 392 valence electrons. The minimum absolute atomic E-state index is 0. The Balaban J connectivity index is 0.000000375. The van der Waals surface area contributed by atoms with Crippen LogP contribution in [-0.4, -0.2) is 33.4 Å². The fourth-order valence-corrected chi connectivity index (χ4v) is 8.36. The van der Waals surface area contributed by atoms with E-state index in [1.807, 2.05) is 48.5 Å². The third kappa shape index (κ3) is 16.7. The maximum Gasteiger partial charge on any atom is 0.394 e. The number of nitrogens with two attached hydrogens (primary N) is 1. The van der Waals surface area contributed by atoms with E-state index in [-0.39, 0.29) is 62.8 Å². The van der Waals surface area contributed by atoms with Gasteiger partial charge in [-0.2, -0.15) is 17.6 Å². The van der Waals surface area contributed by atoms with Gasteiger partial charge < -0.3 is 24.7 Å². The number of hydrogen-bond donors (Lipinski definition) is 2. The van der Waals surface area contributed by atoms with Gasteiger partial charge in [-0.1, -0.05) is 72.8 Å². The zero-order valence-electron chi connectivity index (χ0n) is 41.1. The van der Waals surface area contributed by atoms with Crippen LogP contribution in [0.4, 0.5) is 44.5 Å². The average Bonchev–Trinajstić information content (AvgIpc) is 3.23. The topological polar surface area (TPSA) is 92.0 Å². The molecule has 6 aromatic carbocycles. The molecule has 0 fully saturated rings. The Morgan fingerprint density at radius 3 is 1.35 bits per heavy atom. The smallest absolute Gasteiger partial charge is 0.394 e. The van der Waals surface area contributed by atoms with Crippen LogP contribution >= 0.6 is 0 Å². The molecule has 0 saturated heterocycles. The monoisotopic (exact) mass is 1040 g/mol. The van der Waals surface area contributed by atoms with E-state index in [4.69, 9.17) is 19.9 Å². The summed E-state index contributed by atoms with van der Waals surface area (Å²) < 4.78 is 150. The van der Waals surface area contributed by atoms with Crippen molar-refractivity contribution in [1.29, 1.82) is 0 Å². The minimum atomic E-state index is -3.57. The summed E-state index contributed by atoms with van der Waals surface area (Å²) in [5, 5.41) is 0. The summed E-state index contributed by atoms with van der Waals surface area (Å²) >= 11 is 0. The van der Waals surface area contributed by atoms with Crippen molar-refractivity contribution < 1.29 is 67.7 Å². The van der Waals surface area contributed by atoms with Crippen LogP contribution in [-0.2, 0) is 34.9 Å². The van der Waals surface area contributed by atoms with E-state index in [9.17, 15) is 34.9 Å². The molecule has 0 radical (unpaired) electrons. The zero-order chi connectivity index (χ0) is 51.8. The molecule has 0 saturated carbocycles. The lowest BCUT2D eigenvalue weighted by molar-refractivity contribution is -0.160. The van der Waals surface area contributed by atoms with Crippen molar-refractivity contribution in [2.45, 2.75) is 115 Å². The number of ether oxygens (including phenoxy) is 4. The highest BCUT2D eigenvalue weighted by molar-refractivity contribution is 7.84. The Hall–Kier alpha value is -6.11. The largest absolute Gasteiger partial charge is 0.488 e. The van der Waals surface area contributed by atoms with Gasteiger partial charge in [0.15, 0.2) is 23.1 Å². The number of nitrogens with one attached hydrogen (secondary N) is 1. The van der Waals surface area contributed by atoms with Crippen molar-refractivity contribution in [2.24, 2.45) is 5.73 Å². The number of benzene rings is 6. The molecule has 0 aromatic heterocycles. The highest BCUT2D eigenvalue weighted by atomic mass is 32.2. The lowest BCUT2D eigenvalue weighted by Crippen LogP contribution is -2.50. The van der Waals surface area contributed by atoms with Crippen molar-refractivity contribution in [2.75, 3.05) is 0 Å². The Morgan fingerprint density at radius 2 is 0.931 bits per heavy atom. The van der Waals surface area contributed by atoms with E-state index < -0.39 is 68.0 Å². The Bertz CT molecular complexity index is 2720. The molecule has 72 heavy (non-hydrogen) atoms. The molecule has 0 bridgehead atoms. The van der Waals surface area contributed by atoms with Crippen LogP contribution < -0.4 is 29.4 Å². The molecule has 0 amide bonds. The molecule has 0 spiro atoms. The molecule has 0 aliphatic heterocycles. The van der Waals surface area contributed by atoms with Crippen LogP contribution in [0.2, 0.25) is 0 Å². The third-order valence-electron chi connectivity index (χ3n) is 10.4. The van der Waals surface area contributed by atoms with Gasteiger partial charge in [0.1, 0.15) is 23.1 Å². The maximum atomic E-state index is 15.3. The first-order valence-corrected chi connectivity index (χ1v) is 23.5. The van der Waals surface area contributed by atoms with Gasteiger partial charge in [-0.3, -0.25) is 9.41 Å². The molecule has 6 aromatic rings. The highest BCUT2D eigenvalue weighted by Crippen LogP contribution is 2.40. The summed E-state index contributed by atoms with van der Waals surface area (Å²) in [5.74, 6) is -3.68. The quantitative estimate of drug-likeness (QED) is 0.0834. The second kappa shape index (κ2) is 24.5. The molecule has 0 aliphatic carbocycles. The van der Waals surface area contributed by atoms with Crippen molar-refractivity contribution in [1.82, 2.24) is 4.72 Å². The molecular formula is C54H60F10N2O5S.